The monoisotopic (exact) mass is 291 g/mol. The van der Waals surface area contributed by atoms with E-state index in [0.29, 0.717) is 13.1 Å². The van der Waals surface area contributed by atoms with E-state index >= 15 is 0 Å². The molecule has 0 saturated carbocycles. The van der Waals surface area contributed by atoms with E-state index < -0.39 is 0 Å². The number of rotatable bonds is 5. The molecule has 0 aliphatic carbocycles. The second-order valence-corrected chi connectivity index (χ2v) is 5.29. The van der Waals surface area contributed by atoms with Crippen molar-refractivity contribution in [1.82, 2.24) is 4.90 Å². The number of piperidine rings is 1. The SMILES string of the molecule is CC1CN(C(=O)OCc2ccccc2)CCC1OCC=O. The van der Waals surface area contributed by atoms with Crippen LogP contribution in [-0.4, -0.2) is 43.1 Å². The number of likely N-dealkylation sites (tertiary alicyclic amines) is 1. The second kappa shape index (κ2) is 7.78. The van der Waals surface area contributed by atoms with Crippen LogP contribution in [0.4, 0.5) is 4.79 Å². The van der Waals surface area contributed by atoms with E-state index in [9.17, 15) is 9.59 Å². The Morgan fingerprint density at radius 2 is 2.14 bits per heavy atom. The summed E-state index contributed by atoms with van der Waals surface area (Å²) in [4.78, 5) is 24.1. The summed E-state index contributed by atoms with van der Waals surface area (Å²) < 4.78 is 10.8. The van der Waals surface area contributed by atoms with Crippen molar-refractivity contribution in [2.75, 3.05) is 19.7 Å². The molecule has 21 heavy (non-hydrogen) atoms. The molecule has 1 fully saturated rings. The van der Waals surface area contributed by atoms with Crippen molar-refractivity contribution in [2.45, 2.75) is 26.1 Å². The highest BCUT2D eigenvalue weighted by molar-refractivity contribution is 5.67. The van der Waals surface area contributed by atoms with Crippen LogP contribution in [0.3, 0.4) is 0 Å². The third-order valence-corrected chi connectivity index (χ3v) is 3.67. The van der Waals surface area contributed by atoms with Crippen LogP contribution in [0.2, 0.25) is 0 Å². The summed E-state index contributed by atoms with van der Waals surface area (Å²) in [7, 11) is 0. The van der Waals surface area contributed by atoms with Gasteiger partial charge in [-0.3, -0.25) is 0 Å². The zero-order valence-corrected chi connectivity index (χ0v) is 12.2. The van der Waals surface area contributed by atoms with E-state index in [2.05, 4.69) is 0 Å². The maximum absolute atomic E-state index is 12.0. The Morgan fingerprint density at radius 1 is 1.38 bits per heavy atom. The highest BCUT2D eigenvalue weighted by atomic mass is 16.6. The van der Waals surface area contributed by atoms with Gasteiger partial charge in [-0.2, -0.15) is 0 Å². The lowest BCUT2D eigenvalue weighted by Crippen LogP contribution is -2.46. The summed E-state index contributed by atoms with van der Waals surface area (Å²) in [6.07, 6.45) is 1.23. The number of benzene rings is 1. The van der Waals surface area contributed by atoms with Gasteiger partial charge in [-0.05, 0) is 12.0 Å². The molecule has 0 spiro atoms. The lowest BCUT2D eigenvalue weighted by Gasteiger charge is -2.35. The summed E-state index contributed by atoms with van der Waals surface area (Å²) in [6.45, 7) is 3.62. The number of carbonyl (C=O) groups excluding carboxylic acids is 2. The Kier molecular flexibility index (Phi) is 5.75. The average Bonchev–Trinajstić information content (AvgIpc) is 2.52. The van der Waals surface area contributed by atoms with Gasteiger partial charge < -0.3 is 19.2 Å². The van der Waals surface area contributed by atoms with Crippen molar-refractivity contribution in [1.29, 1.82) is 0 Å². The van der Waals surface area contributed by atoms with Crippen molar-refractivity contribution in [2.24, 2.45) is 5.92 Å². The number of amides is 1. The first-order valence-electron chi connectivity index (χ1n) is 7.21. The fourth-order valence-electron chi connectivity index (χ4n) is 2.51. The van der Waals surface area contributed by atoms with Crippen LogP contribution in [0.15, 0.2) is 30.3 Å². The zero-order valence-electron chi connectivity index (χ0n) is 12.2. The second-order valence-electron chi connectivity index (χ2n) is 5.29. The molecule has 2 unspecified atom stereocenters. The number of hydrogen-bond donors (Lipinski definition) is 0. The van der Waals surface area contributed by atoms with Gasteiger partial charge in [0.2, 0.25) is 0 Å². The minimum absolute atomic E-state index is 0.0355. The molecule has 2 rings (SSSR count). The highest BCUT2D eigenvalue weighted by Crippen LogP contribution is 2.20. The summed E-state index contributed by atoms with van der Waals surface area (Å²) >= 11 is 0. The summed E-state index contributed by atoms with van der Waals surface area (Å²) in [6, 6.07) is 9.62. The molecular formula is C16H21NO4. The lowest BCUT2D eigenvalue weighted by molar-refractivity contribution is -0.116. The van der Waals surface area contributed by atoms with E-state index in [-0.39, 0.29) is 31.3 Å². The molecule has 1 heterocycles. The molecular weight excluding hydrogens is 270 g/mol. The Hall–Kier alpha value is -1.88. The Labute approximate surface area is 124 Å². The van der Waals surface area contributed by atoms with Crippen LogP contribution in [0.25, 0.3) is 0 Å². The maximum Gasteiger partial charge on any atom is 0.410 e. The van der Waals surface area contributed by atoms with Crippen molar-refractivity contribution in [3.05, 3.63) is 35.9 Å². The minimum atomic E-state index is -0.292. The maximum atomic E-state index is 12.0. The number of aldehydes is 1. The van der Waals surface area contributed by atoms with Crippen molar-refractivity contribution in [3.63, 3.8) is 0 Å². The molecule has 1 amide bonds. The topological polar surface area (TPSA) is 55.8 Å². The smallest absolute Gasteiger partial charge is 0.410 e. The van der Waals surface area contributed by atoms with E-state index in [0.717, 1.165) is 18.3 Å². The summed E-state index contributed by atoms with van der Waals surface area (Å²) in [5, 5.41) is 0. The molecule has 2 atom stereocenters. The van der Waals surface area contributed by atoms with Crippen LogP contribution in [0.1, 0.15) is 18.9 Å². The molecule has 5 heteroatoms. The zero-order chi connectivity index (χ0) is 15.1. The number of carbonyl (C=O) groups is 2. The van der Waals surface area contributed by atoms with Crippen LogP contribution in [-0.2, 0) is 20.9 Å². The largest absolute Gasteiger partial charge is 0.445 e. The van der Waals surface area contributed by atoms with Crippen molar-refractivity contribution < 1.29 is 19.1 Å². The first kappa shape index (κ1) is 15.5. The predicted molar refractivity (Wildman–Crippen MR) is 77.8 cm³/mol. The normalized spacial score (nSPS) is 21.9. The van der Waals surface area contributed by atoms with Gasteiger partial charge in [0.25, 0.3) is 0 Å². The third-order valence-electron chi connectivity index (χ3n) is 3.67. The molecule has 0 N–H and O–H groups in total. The van der Waals surface area contributed by atoms with E-state index in [1.54, 1.807) is 4.90 Å². The number of hydrogen-bond acceptors (Lipinski definition) is 4. The van der Waals surface area contributed by atoms with Crippen molar-refractivity contribution in [3.8, 4) is 0 Å². The van der Waals surface area contributed by atoms with Gasteiger partial charge in [0.15, 0.2) is 0 Å². The predicted octanol–water partition coefficient (Wildman–Crippen LogP) is 2.25. The number of ether oxygens (including phenoxy) is 2. The molecule has 0 aromatic heterocycles. The third kappa shape index (κ3) is 4.56. The van der Waals surface area contributed by atoms with Crippen molar-refractivity contribution >= 4 is 12.4 Å². The fraction of sp³-hybridized carbons (Fsp3) is 0.500. The highest BCUT2D eigenvalue weighted by Gasteiger charge is 2.29. The van der Waals surface area contributed by atoms with Gasteiger partial charge in [0.1, 0.15) is 19.5 Å². The molecule has 0 radical (unpaired) electrons. The first-order valence-corrected chi connectivity index (χ1v) is 7.21. The number of nitrogens with zero attached hydrogens (tertiary/aromatic N) is 1. The van der Waals surface area contributed by atoms with Crippen LogP contribution in [0, 0.1) is 5.92 Å². The molecule has 5 nitrogen and oxygen atoms in total. The van der Waals surface area contributed by atoms with Crippen LogP contribution >= 0.6 is 0 Å². The van der Waals surface area contributed by atoms with Gasteiger partial charge in [0, 0.05) is 19.0 Å². The lowest BCUT2D eigenvalue weighted by atomic mass is 9.97. The average molecular weight is 291 g/mol. The van der Waals surface area contributed by atoms with E-state index in [1.807, 2.05) is 37.3 Å². The molecule has 1 saturated heterocycles. The molecule has 1 aliphatic rings. The van der Waals surface area contributed by atoms with Gasteiger partial charge in [-0.25, -0.2) is 4.79 Å². The molecule has 1 aliphatic heterocycles. The molecule has 114 valence electrons. The van der Waals surface area contributed by atoms with E-state index in [4.69, 9.17) is 9.47 Å². The quantitative estimate of drug-likeness (QED) is 0.781. The van der Waals surface area contributed by atoms with Crippen LogP contribution < -0.4 is 0 Å². The Balaban J connectivity index is 1.78. The Bertz CT molecular complexity index is 463. The minimum Gasteiger partial charge on any atom is -0.445 e. The Morgan fingerprint density at radius 3 is 2.81 bits per heavy atom. The van der Waals surface area contributed by atoms with Crippen LogP contribution in [0.5, 0.6) is 0 Å². The molecule has 1 aromatic rings. The summed E-state index contributed by atoms with van der Waals surface area (Å²) in [5.74, 6) is 0.197. The van der Waals surface area contributed by atoms with E-state index in [1.165, 1.54) is 0 Å². The van der Waals surface area contributed by atoms with Gasteiger partial charge in [0.05, 0.1) is 6.10 Å². The van der Waals surface area contributed by atoms with Gasteiger partial charge in [-0.1, -0.05) is 37.3 Å². The fourth-order valence-corrected chi connectivity index (χ4v) is 2.51. The summed E-state index contributed by atoms with van der Waals surface area (Å²) in [5.41, 5.74) is 0.975. The standard InChI is InChI=1S/C16H21NO4/c1-13-11-17(8-7-15(13)20-10-9-18)16(19)21-12-14-5-3-2-4-6-14/h2-6,9,13,15H,7-8,10-12H2,1H3. The molecule has 1 aromatic carbocycles. The molecule has 0 bridgehead atoms. The first-order chi connectivity index (χ1) is 10.2. The van der Waals surface area contributed by atoms with Gasteiger partial charge in [-0.15, -0.1) is 0 Å². The van der Waals surface area contributed by atoms with Gasteiger partial charge >= 0.3 is 6.09 Å².